The molecule has 0 aliphatic carbocycles. The second-order valence-corrected chi connectivity index (χ2v) is 5.40. The molecule has 0 bridgehead atoms. The third kappa shape index (κ3) is 2.52. The lowest BCUT2D eigenvalue weighted by Gasteiger charge is -2.15. The Bertz CT molecular complexity index is 724. The van der Waals surface area contributed by atoms with E-state index in [9.17, 15) is 0 Å². The highest BCUT2D eigenvalue weighted by atomic mass is 14.1. The lowest BCUT2D eigenvalue weighted by molar-refractivity contribution is 1.45. The van der Waals surface area contributed by atoms with Crippen LogP contribution in [0.15, 0.2) is 66.7 Å². The van der Waals surface area contributed by atoms with Crippen LogP contribution < -0.4 is 5.46 Å². The number of benzene rings is 3. The molecule has 3 rings (SSSR count). The second-order valence-electron chi connectivity index (χ2n) is 5.40. The topological polar surface area (TPSA) is 0 Å². The van der Waals surface area contributed by atoms with Crippen LogP contribution in [0, 0.1) is 13.8 Å². The van der Waals surface area contributed by atoms with Gasteiger partial charge in [0.15, 0.2) is 0 Å². The molecule has 0 aromatic heterocycles. The molecule has 0 aliphatic heterocycles. The van der Waals surface area contributed by atoms with E-state index in [1.54, 1.807) is 0 Å². The van der Waals surface area contributed by atoms with Crippen molar-refractivity contribution in [3.63, 3.8) is 0 Å². The molecule has 0 nitrogen and oxygen atoms in total. The first-order chi connectivity index (χ1) is 10.2. The standard InChI is InChI=1S/C20H17B/c1-14-8-3-5-10-16(14)18-12-7-13-19(20(18)21)17-11-6-4-9-15(17)2/h3-13H,1-2H3. The molecule has 0 saturated carbocycles. The minimum Gasteiger partial charge on any atom is -0.0813 e. The van der Waals surface area contributed by atoms with Gasteiger partial charge in [0, 0.05) is 0 Å². The fourth-order valence-corrected chi connectivity index (χ4v) is 2.79. The molecule has 1 heteroatoms. The van der Waals surface area contributed by atoms with Crippen LogP contribution in [0.1, 0.15) is 11.1 Å². The quantitative estimate of drug-likeness (QED) is 0.603. The maximum absolute atomic E-state index is 6.49. The molecular weight excluding hydrogens is 251 g/mol. The normalized spacial score (nSPS) is 10.6. The van der Waals surface area contributed by atoms with Crippen molar-refractivity contribution in [1.82, 2.24) is 0 Å². The molecule has 0 atom stereocenters. The van der Waals surface area contributed by atoms with Crippen molar-refractivity contribution >= 4 is 13.3 Å². The summed E-state index contributed by atoms with van der Waals surface area (Å²) in [4.78, 5) is 0. The third-order valence-electron chi connectivity index (χ3n) is 3.98. The van der Waals surface area contributed by atoms with E-state index in [1.165, 1.54) is 22.3 Å². The first-order valence-electron chi connectivity index (χ1n) is 7.19. The zero-order valence-electron chi connectivity index (χ0n) is 12.4. The van der Waals surface area contributed by atoms with Crippen LogP contribution in [0.5, 0.6) is 0 Å². The van der Waals surface area contributed by atoms with E-state index in [0.717, 1.165) is 16.6 Å². The summed E-state index contributed by atoms with van der Waals surface area (Å²) in [7, 11) is 6.49. The van der Waals surface area contributed by atoms with Gasteiger partial charge < -0.3 is 0 Å². The molecule has 0 saturated heterocycles. The second kappa shape index (κ2) is 5.61. The average molecular weight is 268 g/mol. The summed E-state index contributed by atoms with van der Waals surface area (Å²) in [5.74, 6) is 0. The third-order valence-corrected chi connectivity index (χ3v) is 3.98. The van der Waals surface area contributed by atoms with Crippen molar-refractivity contribution in [2.75, 3.05) is 0 Å². The predicted octanol–water partition coefficient (Wildman–Crippen LogP) is 4.43. The number of hydrogen-bond donors (Lipinski definition) is 0. The van der Waals surface area contributed by atoms with Crippen LogP contribution in [0.3, 0.4) is 0 Å². The summed E-state index contributed by atoms with van der Waals surface area (Å²) in [6.45, 7) is 4.24. The van der Waals surface area contributed by atoms with Gasteiger partial charge in [0.2, 0.25) is 0 Å². The van der Waals surface area contributed by atoms with Gasteiger partial charge in [-0.05, 0) is 47.2 Å². The van der Waals surface area contributed by atoms with Gasteiger partial charge in [0.1, 0.15) is 7.85 Å². The van der Waals surface area contributed by atoms with Crippen LogP contribution in [0.2, 0.25) is 0 Å². The number of aryl methyl sites for hydroxylation is 2. The predicted molar refractivity (Wildman–Crippen MR) is 92.2 cm³/mol. The molecule has 0 fully saturated rings. The first-order valence-corrected chi connectivity index (χ1v) is 7.19. The highest BCUT2D eigenvalue weighted by Gasteiger charge is 2.10. The van der Waals surface area contributed by atoms with E-state index in [4.69, 9.17) is 7.85 Å². The van der Waals surface area contributed by atoms with E-state index in [-0.39, 0.29) is 0 Å². The Balaban J connectivity index is 2.21. The van der Waals surface area contributed by atoms with E-state index in [0.29, 0.717) is 0 Å². The summed E-state index contributed by atoms with van der Waals surface area (Å²) in [6.07, 6.45) is 0. The van der Waals surface area contributed by atoms with Crippen molar-refractivity contribution in [3.8, 4) is 22.3 Å². The number of rotatable bonds is 2. The van der Waals surface area contributed by atoms with Crippen molar-refractivity contribution in [2.24, 2.45) is 0 Å². The van der Waals surface area contributed by atoms with Gasteiger partial charge >= 0.3 is 0 Å². The molecule has 0 spiro atoms. The Morgan fingerprint density at radius 1 is 0.524 bits per heavy atom. The minimum atomic E-state index is 0.848. The molecule has 0 unspecified atom stereocenters. The van der Waals surface area contributed by atoms with Gasteiger partial charge in [-0.1, -0.05) is 72.2 Å². The van der Waals surface area contributed by atoms with Gasteiger partial charge in [0.25, 0.3) is 0 Å². The van der Waals surface area contributed by atoms with Crippen LogP contribution >= 0.6 is 0 Å². The molecule has 0 N–H and O–H groups in total. The lowest BCUT2D eigenvalue weighted by atomic mass is 9.79. The van der Waals surface area contributed by atoms with E-state index in [2.05, 4.69) is 80.6 Å². The molecular formula is C20H17B. The minimum absolute atomic E-state index is 0.848. The Kier molecular flexibility index (Phi) is 3.66. The summed E-state index contributed by atoms with van der Waals surface area (Å²) in [5, 5.41) is 0. The molecule has 21 heavy (non-hydrogen) atoms. The van der Waals surface area contributed by atoms with Gasteiger partial charge in [-0.3, -0.25) is 0 Å². The Morgan fingerprint density at radius 2 is 0.905 bits per heavy atom. The maximum Gasteiger partial charge on any atom is 0.115 e. The van der Waals surface area contributed by atoms with E-state index < -0.39 is 0 Å². The van der Waals surface area contributed by atoms with Gasteiger partial charge in [-0.2, -0.15) is 0 Å². The van der Waals surface area contributed by atoms with Crippen LogP contribution in [0.25, 0.3) is 22.3 Å². The fraction of sp³-hybridized carbons (Fsp3) is 0.100. The van der Waals surface area contributed by atoms with Crippen LogP contribution in [-0.4, -0.2) is 7.85 Å². The highest BCUT2D eigenvalue weighted by Crippen LogP contribution is 2.27. The average Bonchev–Trinajstić information content (AvgIpc) is 2.49. The Morgan fingerprint density at radius 3 is 1.33 bits per heavy atom. The summed E-state index contributed by atoms with van der Waals surface area (Å²) in [5.41, 5.74) is 7.94. The summed E-state index contributed by atoms with van der Waals surface area (Å²) >= 11 is 0. The molecule has 3 aromatic carbocycles. The zero-order chi connectivity index (χ0) is 14.8. The van der Waals surface area contributed by atoms with E-state index >= 15 is 0 Å². The molecule has 0 amide bonds. The first kappa shape index (κ1) is 13.7. The van der Waals surface area contributed by atoms with Crippen molar-refractivity contribution in [2.45, 2.75) is 13.8 Å². The van der Waals surface area contributed by atoms with E-state index in [1.807, 2.05) is 0 Å². The highest BCUT2D eigenvalue weighted by molar-refractivity contribution is 6.39. The molecule has 0 aliphatic rings. The summed E-state index contributed by atoms with van der Waals surface area (Å²) in [6, 6.07) is 23.0. The SMILES string of the molecule is [B]c1c(-c2ccccc2C)cccc1-c1ccccc1C. The fourth-order valence-electron chi connectivity index (χ4n) is 2.79. The van der Waals surface area contributed by atoms with Crippen LogP contribution in [-0.2, 0) is 0 Å². The van der Waals surface area contributed by atoms with Crippen molar-refractivity contribution in [3.05, 3.63) is 77.9 Å². The molecule has 0 heterocycles. The van der Waals surface area contributed by atoms with Gasteiger partial charge in [-0.25, -0.2) is 0 Å². The largest absolute Gasteiger partial charge is 0.115 e. The van der Waals surface area contributed by atoms with Gasteiger partial charge in [0.05, 0.1) is 0 Å². The molecule has 2 radical (unpaired) electrons. The van der Waals surface area contributed by atoms with Crippen molar-refractivity contribution in [1.29, 1.82) is 0 Å². The van der Waals surface area contributed by atoms with Crippen molar-refractivity contribution < 1.29 is 0 Å². The Hall–Kier alpha value is -2.28. The van der Waals surface area contributed by atoms with Gasteiger partial charge in [-0.15, -0.1) is 0 Å². The van der Waals surface area contributed by atoms with Crippen LogP contribution in [0.4, 0.5) is 0 Å². The smallest absolute Gasteiger partial charge is 0.0813 e. The lowest BCUT2D eigenvalue weighted by Crippen LogP contribution is -2.11. The maximum atomic E-state index is 6.49. The molecule has 3 aromatic rings. The Labute approximate surface area is 127 Å². The molecule has 100 valence electrons. The monoisotopic (exact) mass is 268 g/mol. The zero-order valence-corrected chi connectivity index (χ0v) is 12.4. The number of hydrogen-bond acceptors (Lipinski definition) is 0. The summed E-state index contributed by atoms with van der Waals surface area (Å²) < 4.78 is 0.